The zero-order chi connectivity index (χ0) is 14.3. The van der Waals surface area contributed by atoms with Crippen LogP contribution in [-0.2, 0) is 11.3 Å². The Morgan fingerprint density at radius 2 is 1.95 bits per heavy atom. The van der Waals surface area contributed by atoms with Gasteiger partial charge in [0.25, 0.3) is 0 Å². The molecule has 0 saturated carbocycles. The fourth-order valence-corrected chi connectivity index (χ4v) is 1.88. The first kappa shape index (κ1) is 16.0. The number of nitrogens with one attached hydrogen (secondary N) is 1. The summed E-state index contributed by atoms with van der Waals surface area (Å²) in [5.41, 5.74) is 2.41. The van der Waals surface area contributed by atoms with Crippen LogP contribution in [0.15, 0.2) is 18.2 Å². The normalized spacial score (nSPS) is 12.7. The van der Waals surface area contributed by atoms with Crippen molar-refractivity contribution in [2.24, 2.45) is 0 Å². The van der Waals surface area contributed by atoms with Gasteiger partial charge in [-0.3, -0.25) is 0 Å². The first-order valence-electron chi connectivity index (χ1n) is 7.02. The lowest BCUT2D eigenvalue weighted by Crippen LogP contribution is -2.23. The molecular weight excluding hydrogens is 238 g/mol. The summed E-state index contributed by atoms with van der Waals surface area (Å²) >= 11 is 0. The van der Waals surface area contributed by atoms with E-state index in [0.717, 1.165) is 25.3 Å². The molecule has 0 heterocycles. The molecule has 1 aromatic rings. The van der Waals surface area contributed by atoms with Gasteiger partial charge >= 0.3 is 0 Å². The molecule has 0 aliphatic carbocycles. The highest BCUT2D eigenvalue weighted by atomic mass is 16.5. The molecule has 19 heavy (non-hydrogen) atoms. The number of methoxy groups -OCH3 is 1. The SMILES string of the molecule is COCCC(C)Oc1c(C)cccc1CNC(C)C. The predicted octanol–water partition coefficient (Wildman–Crippen LogP) is 3.30. The molecule has 1 atom stereocenters. The van der Waals surface area contributed by atoms with Crippen LogP contribution in [-0.4, -0.2) is 25.9 Å². The summed E-state index contributed by atoms with van der Waals surface area (Å²) in [6, 6.07) is 6.77. The maximum Gasteiger partial charge on any atom is 0.127 e. The van der Waals surface area contributed by atoms with E-state index in [2.05, 4.69) is 51.2 Å². The maximum absolute atomic E-state index is 6.09. The molecule has 1 N–H and O–H groups in total. The Kier molecular flexibility index (Phi) is 6.89. The van der Waals surface area contributed by atoms with Crippen LogP contribution in [0.5, 0.6) is 5.75 Å². The van der Waals surface area contributed by atoms with Crippen LogP contribution in [0.25, 0.3) is 0 Å². The Morgan fingerprint density at radius 1 is 1.21 bits per heavy atom. The van der Waals surface area contributed by atoms with E-state index in [4.69, 9.17) is 9.47 Å². The third-order valence-corrected chi connectivity index (χ3v) is 3.04. The van der Waals surface area contributed by atoms with E-state index in [1.807, 2.05) is 0 Å². The highest BCUT2D eigenvalue weighted by Gasteiger charge is 2.11. The Morgan fingerprint density at radius 3 is 2.58 bits per heavy atom. The zero-order valence-corrected chi connectivity index (χ0v) is 12.8. The maximum atomic E-state index is 6.09. The minimum absolute atomic E-state index is 0.166. The summed E-state index contributed by atoms with van der Waals surface area (Å²) in [5.74, 6) is 1.01. The van der Waals surface area contributed by atoms with Gasteiger partial charge in [0.15, 0.2) is 0 Å². The van der Waals surface area contributed by atoms with E-state index in [1.165, 1.54) is 11.1 Å². The van der Waals surface area contributed by atoms with E-state index in [9.17, 15) is 0 Å². The largest absolute Gasteiger partial charge is 0.490 e. The Hall–Kier alpha value is -1.06. The van der Waals surface area contributed by atoms with Crippen molar-refractivity contribution in [3.63, 3.8) is 0 Å². The van der Waals surface area contributed by atoms with Crippen LogP contribution in [0.3, 0.4) is 0 Å². The average molecular weight is 265 g/mol. The number of para-hydroxylation sites is 1. The van der Waals surface area contributed by atoms with Crippen LogP contribution in [0.2, 0.25) is 0 Å². The van der Waals surface area contributed by atoms with Gasteiger partial charge in [-0.15, -0.1) is 0 Å². The first-order valence-corrected chi connectivity index (χ1v) is 7.02. The van der Waals surface area contributed by atoms with E-state index in [-0.39, 0.29) is 6.10 Å². The van der Waals surface area contributed by atoms with Crippen LogP contribution < -0.4 is 10.1 Å². The second-order valence-corrected chi connectivity index (χ2v) is 5.31. The molecular formula is C16H27NO2. The summed E-state index contributed by atoms with van der Waals surface area (Å²) in [7, 11) is 1.72. The summed E-state index contributed by atoms with van der Waals surface area (Å²) in [4.78, 5) is 0. The third kappa shape index (κ3) is 5.62. The van der Waals surface area contributed by atoms with E-state index >= 15 is 0 Å². The molecule has 0 aliphatic heterocycles. The van der Waals surface area contributed by atoms with Crippen LogP contribution in [0.1, 0.15) is 38.3 Å². The van der Waals surface area contributed by atoms with Crippen molar-refractivity contribution in [2.45, 2.75) is 52.8 Å². The molecule has 3 nitrogen and oxygen atoms in total. The topological polar surface area (TPSA) is 30.5 Å². The average Bonchev–Trinajstić information content (AvgIpc) is 2.37. The van der Waals surface area contributed by atoms with Gasteiger partial charge < -0.3 is 14.8 Å². The second-order valence-electron chi connectivity index (χ2n) is 5.31. The molecule has 0 bridgehead atoms. The molecule has 108 valence electrons. The highest BCUT2D eigenvalue weighted by molar-refractivity contribution is 5.40. The number of hydrogen-bond acceptors (Lipinski definition) is 3. The summed E-state index contributed by atoms with van der Waals surface area (Å²) < 4.78 is 11.2. The van der Waals surface area contributed by atoms with Crippen molar-refractivity contribution >= 4 is 0 Å². The Balaban J connectivity index is 2.73. The van der Waals surface area contributed by atoms with Crippen molar-refractivity contribution in [1.82, 2.24) is 5.32 Å². The minimum atomic E-state index is 0.166. The quantitative estimate of drug-likeness (QED) is 0.782. The number of ether oxygens (including phenoxy) is 2. The molecule has 1 unspecified atom stereocenters. The van der Waals surface area contributed by atoms with Crippen molar-refractivity contribution in [3.8, 4) is 5.75 Å². The number of aryl methyl sites for hydroxylation is 1. The molecule has 0 fully saturated rings. The number of rotatable bonds is 8. The highest BCUT2D eigenvalue weighted by Crippen LogP contribution is 2.25. The van der Waals surface area contributed by atoms with Crippen molar-refractivity contribution in [3.05, 3.63) is 29.3 Å². The first-order chi connectivity index (χ1) is 9.04. The molecule has 3 heteroatoms. The minimum Gasteiger partial charge on any atom is -0.490 e. The van der Waals surface area contributed by atoms with Crippen LogP contribution in [0.4, 0.5) is 0 Å². The fourth-order valence-electron chi connectivity index (χ4n) is 1.88. The molecule has 0 saturated heterocycles. The molecule has 0 aliphatic rings. The second kappa shape index (κ2) is 8.18. The molecule has 0 aromatic heterocycles. The van der Waals surface area contributed by atoms with Gasteiger partial charge in [-0.25, -0.2) is 0 Å². The molecule has 1 aromatic carbocycles. The third-order valence-electron chi connectivity index (χ3n) is 3.04. The lowest BCUT2D eigenvalue weighted by molar-refractivity contribution is 0.134. The Labute approximate surface area is 117 Å². The van der Waals surface area contributed by atoms with E-state index in [0.29, 0.717) is 6.04 Å². The van der Waals surface area contributed by atoms with Crippen LogP contribution in [0, 0.1) is 6.92 Å². The van der Waals surface area contributed by atoms with Gasteiger partial charge in [0.05, 0.1) is 6.10 Å². The standard InChI is InChI=1S/C16H27NO2/c1-12(2)17-11-15-8-6-7-13(3)16(15)19-14(4)9-10-18-5/h6-8,12,14,17H,9-11H2,1-5H3. The smallest absolute Gasteiger partial charge is 0.127 e. The zero-order valence-electron chi connectivity index (χ0n) is 12.8. The monoisotopic (exact) mass is 265 g/mol. The van der Waals surface area contributed by atoms with E-state index in [1.54, 1.807) is 7.11 Å². The van der Waals surface area contributed by atoms with Crippen molar-refractivity contribution < 1.29 is 9.47 Å². The molecule has 1 rings (SSSR count). The van der Waals surface area contributed by atoms with Crippen LogP contribution >= 0.6 is 0 Å². The Bertz CT molecular complexity index is 377. The summed E-state index contributed by atoms with van der Waals surface area (Å²) in [5, 5.41) is 3.44. The molecule has 0 spiro atoms. The van der Waals surface area contributed by atoms with Gasteiger partial charge in [0, 0.05) is 38.3 Å². The van der Waals surface area contributed by atoms with Gasteiger partial charge in [-0.05, 0) is 19.4 Å². The van der Waals surface area contributed by atoms with Crippen molar-refractivity contribution in [1.29, 1.82) is 0 Å². The van der Waals surface area contributed by atoms with Gasteiger partial charge in [0.2, 0.25) is 0 Å². The fraction of sp³-hybridized carbons (Fsp3) is 0.625. The lowest BCUT2D eigenvalue weighted by atomic mass is 10.1. The predicted molar refractivity (Wildman–Crippen MR) is 79.7 cm³/mol. The summed E-state index contributed by atoms with van der Waals surface area (Å²) in [6.07, 6.45) is 1.07. The summed E-state index contributed by atoms with van der Waals surface area (Å²) in [6.45, 7) is 10.1. The lowest BCUT2D eigenvalue weighted by Gasteiger charge is -2.20. The van der Waals surface area contributed by atoms with Crippen molar-refractivity contribution in [2.75, 3.05) is 13.7 Å². The van der Waals surface area contributed by atoms with Gasteiger partial charge in [0.1, 0.15) is 5.75 Å². The molecule has 0 amide bonds. The number of benzene rings is 1. The molecule has 0 radical (unpaired) electrons. The van der Waals surface area contributed by atoms with Gasteiger partial charge in [-0.2, -0.15) is 0 Å². The number of hydrogen-bond donors (Lipinski definition) is 1. The van der Waals surface area contributed by atoms with Gasteiger partial charge in [-0.1, -0.05) is 32.0 Å². The van der Waals surface area contributed by atoms with E-state index < -0.39 is 0 Å².